The summed E-state index contributed by atoms with van der Waals surface area (Å²) in [6, 6.07) is 40.0. The zero-order valence-corrected chi connectivity index (χ0v) is 25.8. The summed E-state index contributed by atoms with van der Waals surface area (Å²) >= 11 is 0.0622. The number of para-hydroxylation sites is 3. The van der Waals surface area contributed by atoms with Crippen LogP contribution in [-0.4, -0.2) is 24.9 Å². The van der Waals surface area contributed by atoms with Crippen LogP contribution in [0.25, 0.3) is 0 Å². The average Bonchev–Trinajstić information content (AvgIpc) is 3.69. The van der Waals surface area contributed by atoms with Gasteiger partial charge in [0.15, 0.2) is 0 Å². The number of hydrogen-bond acceptors (Lipinski definition) is 7. The third kappa shape index (κ3) is 4.68. The second-order valence-electron chi connectivity index (χ2n) is 9.29. The molecular formula is C33H20N5O2PtSe-3. The van der Waals surface area contributed by atoms with E-state index in [0.717, 1.165) is 43.2 Å². The van der Waals surface area contributed by atoms with Crippen molar-refractivity contribution in [2.24, 2.45) is 0 Å². The summed E-state index contributed by atoms with van der Waals surface area (Å²) < 4.78 is 14.3. The second kappa shape index (κ2) is 11.1. The van der Waals surface area contributed by atoms with E-state index in [1.165, 1.54) is 0 Å². The molecule has 9 heteroatoms. The summed E-state index contributed by atoms with van der Waals surface area (Å²) in [6.45, 7) is 2.08. The van der Waals surface area contributed by atoms with Crippen LogP contribution in [-0.2, 0) is 21.1 Å². The van der Waals surface area contributed by atoms with Crippen LogP contribution in [0.1, 0.15) is 0 Å². The van der Waals surface area contributed by atoms with E-state index in [-0.39, 0.29) is 36.0 Å². The van der Waals surface area contributed by atoms with Gasteiger partial charge in [0.05, 0.1) is 0 Å². The monoisotopic (exact) mass is 793 g/mol. The molecule has 0 unspecified atom stereocenters. The number of ether oxygens (including phenoxy) is 1. The molecule has 0 amide bonds. The molecule has 0 saturated heterocycles. The number of oxazole rings is 1. The van der Waals surface area contributed by atoms with Crippen LogP contribution in [0.5, 0.6) is 11.5 Å². The SMILES string of the molecule is [Pt].[c-]1c(Oc2[c-]c3c(cc2)[Se]c2cccnc2N3c2ncco2)cccc1N1[CH-]N(c2ccccc2)c2ccccc21. The van der Waals surface area contributed by atoms with Gasteiger partial charge in [-0.15, -0.1) is 0 Å². The van der Waals surface area contributed by atoms with E-state index in [0.29, 0.717) is 17.5 Å². The zero-order valence-electron chi connectivity index (χ0n) is 21.8. The van der Waals surface area contributed by atoms with Crippen LogP contribution in [0.3, 0.4) is 0 Å². The van der Waals surface area contributed by atoms with Crippen molar-refractivity contribution in [3.63, 3.8) is 0 Å². The first kappa shape index (κ1) is 26.5. The Morgan fingerprint density at radius 3 is 2.36 bits per heavy atom. The molecular weight excluding hydrogens is 772 g/mol. The van der Waals surface area contributed by atoms with Gasteiger partial charge in [0, 0.05) is 21.1 Å². The van der Waals surface area contributed by atoms with Crippen molar-refractivity contribution in [1.82, 2.24) is 9.97 Å². The third-order valence-electron chi connectivity index (χ3n) is 6.78. The summed E-state index contributed by atoms with van der Waals surface area (Å²) in [4.78, 5) is 15.2. The zero-order chi connectivity index (χ0) is 27.2. The Labute approximate surface area is 263 Å². The van der Waals surface area contributed by atoms with Gasteiger partial charge in [-0.2, -0.15) is 0 Å². The minimum atomic E-state index is 0. The van der Waals surface area contributed by atoms with Crippen LogP contribution in [0.2, 0.25) is 0 Å². The van der Waals surface area contributed by atoms with E-state index < -0.39 is 0 Å². The minimum absolute atomic E-state index is 0. The van der Waals surface area contributed by atoms with Gasteiger partial charge in [-0.3, -0.25) is 0 Å². The van der Waals surface area contributed by atoms with Gasteiger partial charge in [0.1, 0.15) is 0 Å². The molecule has 0 bridgehead atoms. The van der Waals surface area contributed by atoms with E-state index in [1.807, 2.05) is 59.5 Å². The Balaban J connectivity index is 0.00000288. The third-order valence-corrected chi connectivity index (χ3v) is 9.06. The van der Waals surface area contributed by atoms with Crippen molar-refractivity contribution in [2.45, 2.75) is 0 Å². The Hall–Kier alpha value is -4.35. The van der Waals surface area contributed by atoms with E-state index in [4.69, 9.17) is 9.15 Å². The van der Waals surface area contributed by atoms with Gasteiger partial charge in [-0.25, -0.2) is 0 Å². The van der Waals surface area contributed by atoms with Crippen molar-refractivity contribution in [3.8, 4) is 11.5 Å². The van der Waals surface area contributed by atoms with E-state index in [9.17, 15) is 0 Å². The fourth-order valence-corrected chi connectivity index (χ4v) is 7.06. The van der Waals surface area contributed by atoms with Crippen molar-refractivity contribution in [3.05, 3.63) is 135 Å². The Morgan fingerprint density at radius 1 is 0.714 bits per heavy atom. The molecule has 6 aromatic rings. The van der Waals surface area contributed by atoms with E-state index in [1.54, 1.807) is 18.7 Å². The van der Waals surface area contributed by atoms with Crippen molar-refractivity contribution in [1.29, 1.82) is 0 Å². The molecule has 0 atom stereocenters. The predicted molar refractivity (Wildman–Crippen MR) is 160 cm³/mol. The van der Waals surface area contributed by atoms with Crippen LogP contribution in [0, 0.1) is 18.8 Å². The standard InChI is InChI=1S/C33H20N5O2Se.Pt/c1-2-8-23(9-3-1)36-22-37(28-13-5-4-12-27(28)36)24-10-6-11-25(20-24)40-26-15-16-30-29(21-26)38(33-35-18-19-39-33)32-31(41-30)14-7-17-34-32;/h1-19,22H;/q-3;. The topological polar surface area (TPSA) is 57.9 Å². The average molecular weight is 793 g/mol. The van der Waals surface area contributed by atoms with E-state index in [2.05, 4.69) is 81.0 Å². The molecule has 4 heterocycles. The number of aromatic nitrogens is 2. The first-order valence-corrected chi connectivity index (χ1v) is 14.7. The molecule has 2 aromatic heterocycles. The first-order chi connectivity index (χ1) is 20.3. The number of fused-ring (bicyclic) bond motifs is 3. The molecule has 2 aliphatic rings. The second-order valence-corrected chi connectivity index (χ2v) is 11.6. The molecule has 208 valence electrons. The van der Waals surface area contributed by atoms with Gasteiger partial charge >= 0.3 is 208 Å². The predicted octanol–water partition coefficient (Wildman–Crippen LogP) is 6.31. The quantitative estimate of drug-likeness (QED) is 0.150. The molecule has 2 aliphatic heterocycles. The number of hydrogen-bond donors (Lipinski definition) is 0. The normalized spacial score (nSPS) is 13.2. The van der Waals surface area contributed by atoms with Gasteiger partial charge in [0.25, 0.3) is 0 Å². The molecule has 8 rings (SSSR count). The maximum absolute atomic E-state index is 6.34. The fraction of sp³-hybridized carbons (Fsp3) is 0. The molecule has 4 aromatic carbocycles. The van der Waals surface area contributed by atoms with Crippen LogP contribution in [0.15, 0.2) is 120 Å². The van der Waals surface area contributed by atoms with E-state index >= 15 is 0 Å². The van der Waals surface area contributed by atoms with Crippen LogP contribution >= 0.6 is 0 Å². The number of pyridine rings is 1. The summed E-state index contributed by atoms with van der Waals surface area (Å²) in [5.74, 6) is 1.96. The van der Waals surface area contributed by atoms with Gasteiger partial charge in [-0.05, 0) is 12.1 Å². The van der Waals surface area contributed by atoms with Crippen molar-refractivity contribution < 1.29 is 30.2 Å². The molecule has 0 aliphatic carbocycles. The molecule has 42 heavy (non-hydrogen) atoms. The van der Waals surface area contributed by atoms with Crippen molar-refractivity contribution in [2.75, 3.05) is 14.7 Å². The van der Waals surface area contributed by atoms with Crippen LogP contribution in [0.4, 0.5) is 40.3 Å². The van der Waals surface area contributed by atoms with Gasteiger partial charge in [0.2, 0.25) is 0 Å². The van der Waals surface area contributed by atoms with Crippen LogP contribution < -0.4 is 28.4 Å². The van der Waals surface area contributed by atoms with Crippen molar-refractivity contribution >= 4 is 64.1 Å². The Morgan fingerprint density at radius 2 is 1.52 bits per heavy atom. The number of rotatable bonds is 5. The molecule has 0 saturated carbocycles. The van der Waals surface area contributed by atoms with Gasteiger partial charge < -0.3 is 0 Å². The molecule has 0 spiro atoms. The molecule has 0 N–H and O–H groups in total. The molecule has 7 nitrogen and oxygen atoms in total. The number of anilines is 7. The number of benzene rings is 4. The summed E-state index contributed by atoms with van der Waals surface area (Å²) in [5.41, 5.74) is 4.96. The number of nitrogens with zero attached hydrogens (tertiary/aromatic N) is 5. The molecule has 0 radical (unpaired) electrons. The Bertz CT molecular complexity index is 1870. The van der Waals surface area contributed by atoms with Gasteiger partial charge in [-0.1, -0.05) is 24.3 Å². The summed E-state index contributed by atoms with van der Waals surface area (Å²) in [5, 5.41) is 0. The first-order valence-electron chi connectivity index (χ1n) is 13.0. The Kier molecular flexibility index (Phi) is 7.04. The summed E-state index contributed by atoms with van der Waals surface area (Å²) in [6.07, 6.45) is 4.97. The fourth-order valence-electron chi connectivity index (χ4n) is 4.98. The maximum atomic E-state index is 6.34. The summed E-state index contributed by atoms with van der Waals surface area (Å²) in [7, 11) is 0. The molecule has 0 fully saturated rings.